The van der Waals surface area contributed by atoms with E-state index in [2.05, 4.69) is 70.0 Å². The summed E-state index contributed by atoms with van der Waals surface area (Å²) in [6.07, 6.45) is 2.01. The topological polar surface area (TPSA) is 49.3 Å². The smallest absolute Gasteiger partial charge is 0.191 e. The van der Waals surface area contributed by atoms with Crippen molar-refractivity contribution in [2.24, 2.45) is 4.99 Å². The summed E-state index contributed by atoms with van der Waals surface area (Å²) >= 11 is 1.79. The third-order valence-corrected chi connectivity index (χ3v) is 5.17. The van der Waals surface area contributed by atoms with E-state index < -0.39 is 0 Å². The summed E-state index contributed by atoms with van der Waals surface area (Å²) in [6.45, 7) is 3.01. The second-order valence-corrected chi connectivity index (χ2v) is 7.07. The number of benzene rings is 2. The molecule has 2 N–H and O–H groups in total. The van der Waals surface area contributed by atoms with Crippen molar-refractivity contribution < 1.29 is 0 Å². The molecule has 0 aliphatic heterocycles. The molecule has 3 aromatic rings. The molecule has 1 atom stereocenters. The minimum Gasteiger partial charge on any atom is -0.356 e. The molecule has 2 aromatic carbocycles. The minimum atomic E-state index is 0. The Hall–Kier alpha value is -1.67. The Morgan fingerprint density at radius 3 is 2.58 bits per heavy atom. The molecule has 1 unspecified atom stereocenters. The van der Waals surface area contributed by atoms with Crippen LogP contribution in [0, 0.1) is 0 Å². The molecule has 3 rings (SSSR count). The zero-order valence-corrected chi connectivity index (χ0v) is 18.3. The summed E-state index contributed by atoms with van der Waals surface area (Å²) in [7, 11) is 1.81. The van der Waals surface area contributed by atoms with Gasteiger partial charge >= 0.3 is 0 Å². The van der Waals surface area contributed by atoms with Gasteiger partial charge in [-0.2, -0.15) is 0 Å². The number of hydrogen-bond acceptors (Lipinski definition) is 3. The van der Waals surface area contributed by atoms with Gasteiger partial charge in [-0.05, 0) is 31.0 Å². The Morgan fingerprint density at radius 1 is 1.12 bits per heavy atom. The average molecular weight is 480 g/mol. The van der Waals surface area contributed by atoms with Crippen LogP contribution in [0.2, 0.25) is 0 Å². The zero-order valence-electron chi connectivity index (χ0n) is 15.1. The van der Waals surface area contributed by atoms with Gasteiger partial charge in [0.2, 0.25) is 0 Å². The average Bonchev–Trinajstić information content (AvgIpc) is 3.07. The molecular weight excluding hydrogens is 455 g/mol. The SMILES string of the molecule is CN=C(NCCCc1nc2ccccc2s1)NC(C)c1ccccc1.I. The number of aliphatic imine (C=N–C) groups is 1. The minimum absolute atomic E-state index is 0. The fraction of sp³-hybridized carbons (Fsp3) is 0.300. The quantitative estimate of drug-likeness (QED) is 0.231. The Morgan fingerprint density at radius 2 is 1.85 bits per heavy atom. The summed E-state index contributed by atoms with van der Waals surface area (Å²) < 4.78 is 1.26. The second-order valence-electron chi connectivity index (χ2n) is 5.95. The second kappa shape index (κ2) is 10.5. The highest BCUT2D eigenvalue weighted by Crippen LogP contribution is 2.22. The van der Waals surface area contributed by atoms with E-state index in [4.69, 9.17) is 0 Å². The molecule has 0 spiro atoms. The predicted octanol–water partition coefficient (Wildman–Crippen LogP) is 4.77. The van der Waals surface area contributed by atoms with Crippen LogP contribution in [-0.2, 0) is 6.42 Å². The lowest BCUT2D eigenvalue weighted by Gasteiger charge is -2.18. The first-order valence-corrected chi connectivity index (χ1v) is 9.44. The number of rotatable bonds is 6. The summed E-state index contributed by atoms with van der Waals surface area (Å²) in [5.74, 6) is 0.834. The number of guanidine groups is 1. The number of aryl methyl sites for hydroxylation is 1. The molecule has 0 fully saturated rings. The van der Waals surface area contributed by atoms with E-state index in [1.165, 1.54) is 15.3 Å². The molecule has 0 radical (unpaired) electrons. The fourth-order valence-corrected chi connectivity index (χ4v) is 3.71. The number of nitrogens with zero attached hydrogens (tertiary/aromatic N) is 2. The first kappa shape index (κ1) is 20.6. The molecule has 0 saturated carbocycles. The van der Waals surface area contributed by atoms with Gasteiger partial charge in [0.05, 0.1) is 21.3 Å². The highest BCUT2D eigenvalue weighted by molar-refractivity contribution is 14.0. The van der Waals surface area contributed by atoms with Gasteiger partial charge in [0.25, 0.3) is 0 Å². The van der Waals surface area contributed by atoms with Crippen LogP contribution >= 0.6 is 35.3 Å². The molecule has 138 valence electrons. The van der Waals surface area contributed by atoms with Gasteiger partial charge in [-0.1, -0.05) is 42.5 Å². The van der Waals surface area contributed by atoms with E-state index in [-0.39, 0.29) is 30.0 Å². The summed E-state index contributed by atoms with van der Waals surface area (Å²) in [6, 6.07) is 18.9. The van der Waals surface area contributed by atoms with Crippen LogP contribution in [-0.4, -0.2) is 24.5 Å². The van der Waals surface area contributed by atoms with E-state index in [0.717, 1.165) is 30.9 Å². The molecule has 0 bridgehead atoms. The Bertz CT molecular complexity index is 799. The molecule has 6 heteroatoms. The number of halogens is 1. The maximum absolute atomic E-state index is 4.68. The lowest BCUT2D eigenvalue weighted by Crippen LogP contribution is -2.39. The maximum atomic E-state index is 4.68. The van der Waals surface area contributed by atoms with Gasteiger partial charge in [0.15, 0.2) is 5.96 Å². The molecular formula is C20H25IN4S. The molecule has 0 amide bonds. The summed E-state index contributed by atoms with van der Waals surface area (Å²) in [5.41, 5.74) is 2.35. The normalized spacial score (nSPS) is 12.5. The number of aromatic nitrogens is 1. The van der Waals surface area contributed by atoms with Crippen molar-refractivity contribution in [2.45, 2.75) is 25.8 Å². The fourth-order valence-electron chi connectivity index (χ4n) is 2.70. The first-order valence-electron chi connectivity index (χ1n) is 8.63. The van der Waals surface area contributed by atoms with Crippen molar-refractivity contribution in [3.8, 4) is 0 Å². The monoisotopic (exact) mass is 480 g/mol. The van der Waals surface area contributed by atoms with Crippen molar-refractivity contribution in [3.63, 3.8) is 0 Å². The molecule has 0 aliphatic rings. The van der Waals surface area contributed by atoms with Crippen molar-refractivity contribution in [2.75, 3.05) is 13.6 Å². The number of para-hydroxylation sites is 1. The lowest BCUT2D eigenvalue weighted by molar-refractivity contribution is 0.674. The van der Waals surface area contributed by atoms with Gasteiger partial charge in [-0.25, -0.2) is 4.98 Å². The van der Waals surface area contributed by atoms with E-state index in [1.54, 1.807) is 18.4 Å². The number of nitrogens with one attached hydrogen (secondary N) is 2. The van der Waals surface area contributed by atoms with Crippen LogP contribution in [0.1, 0.15) is 30.0 Å². The van der Waals surface area contributed by atoms with Crippen LogP contribution < -0.4 is 10.6 Å². The zero-order chi connectivity index (χ0) is 17.5. The van der Waals surface area contributed by atoms with Gasteiger partial charge in [-0.15, -0.1) is 35.3 Å². The predicted molar refractivity (Wildman–Crippen MR) is 123 cm³/mol. The van der Waals surface area contributed by atoms with E-state index in [1.807, 2.05) is 12.1 Å². The lowest BCUT2D eigenvalue weighted by atomic mass is 10.1. The Labute approximate surface area is 176 Å². The number of fused-ring (bicyclic) bond motifs is 1. The molecule has 26 heavy (non-hydrogen) atoms. The molecule has 4 nitrogen and oxygen atoms in total. The first-order chi connectivity index (χ1) is 12.3. The largest absolute Gasteiger partial charge is 0.356 e. The standard InChI is InChI=1S/C20H24N4S.HI/c1-15(16-9-4-3-5-10-16)23-20(21-2)22-14-8-13-19-24-17-11-6-7-12-18(17)25-19;/h3-7,9-12,15H,8,13-14H2,1-2H3,(H2,21,22,23);1H. The van der Waals surface area contributed by atoms with Gasteiger partial charge in [0, 0.05) is 20.0 Å². The van der Waals surface area contributed by atoms with E-state index in [9.17, 15) is 0 Å². The van der Waals surface area contributed by atoms with Gasteiger partial charge in [-0.3, -0.25) is 4.99 Å². The van der Waals surface area contributed by atoms with Crippen LogP contribution in [0.4, 0.5) is 0 Å². The van der Waals surface area contributed by atoms with Crippen molar-refractivity contribution in [1.82, 2.24) is 15.6 Å². The highest BCUT2D eigenvalue weighted by atomic mass is 127. The van der Waals surface area contributed by atoms with Gasteiger partial charge in [0.1, 0.15) is 0 Å². The maximum Gasteiger partial charge on any atom is 0.191 e. The summed E-state index contributed by atoms with van der Waals surface area (Å²) in [4.78, 5) is 9.00. The number of hydrogen-bond donors (Lipinski definition) is 2. The van der Waals surface area contributed by atoms with Crippen LogP contribution in [0.3, 0.4) is 0 Å². The van der Waals surface area contributed by atoms with Gasteiger partial charge < -0.3 is 10.6 Å². The molecule has 0 aliphatic carbocycles. The molecule has 0 saturated heterocycles. The van der Waals surface area contributed by atoms with E-state index >= 15 is 0 Å². The third-order valence-electron chi connectivity index (χ3n) is 4.07. The van der Waals surface area contributed by atoms with Crippen molar-refractivity contribution >= 4 is 51.5 Å². The van der Waals surface area contributed by atoms with Crippen molar-refractivity contribution in [1.29, 1.82) is 0 Å². The summed E-state index contributed by atoms with van der Waals surface area (Å²) in [5, 5.41) is 8.02. The molecule has 1 heterocycles. The van der Waals surface area contributed by atoms with Crippen LogP contribution in [0.5, 0.6) is 0 Å². The highest BCUT2D eigenvalue weighted by Gasteiger charge is 2.07. The van der Waals surface area contributed by atoms with Crippen LogP contribution in [0.15, 0.2) is 59.6 Å². The Balaban J connectivity index is 0.00000243. The Kier molecular flexibility index (Phi) is 8.31. The third kappa shape index (κ3) is 5.67. The van der Waals surface area contributed by atoms with Crippen molar-refractivity contribution in [3.05, 3.63) is 65.2 Å². The van der Waals surface area contributed by atoms with Crippen LogP contribution in [0.25, 0.3) is 10.2 Å². The molecule has 1 aromatic heterocycles. The van der Waals surface area contributed by atoms with E-state index in [0.29, 0.717) is 0 Å². The number of thiazole rings is 1.